The fraction of sp³-hybridized carbons (Fsp3) is 0.200. The van der Waals surface area contributed by atoms with Crippen molar-refractivity contribution in [2.45, 2.75) is 6.92 Å². The van der Waals surface area contributed by atoms with Crippen LogP contribution in [0, 0.1) is 5.82 Å². The molecule has 1 N–H and O–H groups in total. The number of para-hydroxylation sites is 1. The van der Waals surface area contributed by atoms with E-state index < -0.39 is 0 Å². The lowest BCUT2D eigenvalue weighted by Crippen LogP contribution is -1.99. The summed E-state index contributed by atoms with van der Waals surface area (Å²) in [4.78, 5) is 0. The van der Waals surface area contributed by atoms with E-state index in [1.807, 2.05) is 19.1 Å². The van der Waals surface area contributed by atoms with Crippen LogP contribution in [0.2, 0.25) is 0 Å². The zero-order valence-electron chi connectivity index (χ0n) is 7.05. The van der Waals surface area contributed by atoms with Crippen molar-refractivity contribution in [3.05, 3.63) is 42.2 Å². The highest BCUT2D eigenvalue weighted by atomic mass is 19.1. The highest BCUT2D eigenvalue weighted by Gasteiger charge is 1.95. The second-order valence-corrected chi connectivity index (χ2v) is 2.43. The molecule has 0 amide bonds. The van der Waals surface area contributed by atoms with Crippen LogP contribution in [0.1, 0.15) is 6.92 Å². The zero-order chi connectivity index (χ0) is 8.81. The topological polar surface area (TPSA) is 12.0 Å². The standard InChI is InChI=1S/C10H12FN/c1-2-3-8-12-10-7-5-4-6-9(10)11/h2-7,12H,8H2,1H3/b3-2+. The Kier molecular flexibility index (Phi) is 3.33. The third-order valence-corrected chi connectivity index (χ3v) is 1.52. The van der Waals surface area contributed by atoms with Crippen LogP contribution in [-0.2, 0) is 0 Å². The molecule has 1 aromatic rings. The monoisotopic (exact) mass is 165 g/mol. The van der Waals surface area contributed by atoms with E-state index in [1.165, 1.54) is 6.07 Å². The molecule has 0 aliphatic carbocycles. The lowest BCUT2D eigenvalue weighted by Gasteiger charge is -2.03. The highest BCUT2D eigenvalue weighted by molar-refractivity contribution is 5.44. The van der Waals surface area contributed by atoms with Crippen molar-refractivity contribution in [3.63, 3.8) is 0 Å². The van der Waals surface area contributed by atoms with Crippen LogP contribution in [0.3, 0.4) is 0 Å². The molecule has 1 nitrogen and oxygen atoms in total. The van der Waals surface area contributed by atoms with Crippen LogP contribution in [0.5, 0.6) is 0 Å². The zero-order valence-corrected chi connectivity index (χ0v) is 7.05. The van der Waals surface area contributed by atoms with E-state index in [1.54, 1.807) is 18.2 Å². The third-order valence-electron chi connectivity index (χ3n) is 1.52. The number of rotatable bonds is 3. The molecule has 1 rings (SSSR count). The maximum Gasteiger partial charge on any atom is 0.146 e. The fourth-order valence-corrected chi connectivity index (χ4v) is 0.891. The van der Waals surface area contributed by atoms with Crippen molar-refractivity contribution >= 4 is 5.69 Å². The molecule has 0 fully saturated rings. The summed E-state index contributed by atoms with van der Waals surface area (Å²) in [6.07, 6.45) is 3.86. The van der Waals surface area contributed by atoms with E-state index in [2.05, 4.69) is 5.32 Å². The molecule has 0 aliphatic rings. The molecule has 0 aromatic heterocycles. The van der Waals surface area contributed by atoms with Gasteiger partial charge in [0.25, 0.3) is 0 Å². The molecule has 0 radical (unpaired) electrons. The molecule has 64 valence electrons. The Balaban J connectivity index is 2.57. The molecule has 0 saturated carbocycles. The summed E-state index contributed by atoms with van der Waals surface area (Å²) < 4.78 is 12.9. The van der Waals surface area contributed by atoms with E-state index in [9.17, 15) is 4.39 Å². The van der Waals surface area contributed by atoms with Gasteiger partial charge in [0.05, 0.1) is 5.69 Å². The van der Waals surface area contributed by atoms with Gasteiger partial charge < -0.3 is 5.32 Å². The lowest BCUT2D eigenvalue weighted by molar-refractivity contribution is 0.631. The Morgan fingerprint density at radius 1 is 1.42 bits per heavy atom. The molecule has 1 aromatic carbocycles. The number of hydrogen-bond donors (Lipinski definition) is 1. The first kappa shape index (κ1) is 8.78. The maximum atomic E-state index is 12.9. The van der Waals surface area contributed by atoms with Gasteiger partial charge in [-0.1, -0.05) is 24.3 Å². The van der Waals surface area contributed by atoms with Gasteiger partial charge in [0.1, 0.15) is 5.82 Å². The second-order valence-electron chi connectivity index (χ2n) is 2.43. The number of anilines is 1. The minimum Gasteiger partial charge on any atom is -0.379 e. The second kappa shape index (κ2) is 4.54. The summed E-state index contributed by atoms with van der Waals surface area (Å²) in [5.74, 6) is -0.206. The molecule has 0 aliphatic heterocycles. The minimum atomic E-state index is -0.206. The third kappa shape index (κ3) is 2.38. The Morgan fingerprint density at radius 2 is 2.17 bits per heavy atom. The first-order valence-corrected chi connectivity index (χ1v) is 3.94. The van der Waals surface area contributed by atoms with Gasteiger partial charge in [-0.05, 0) is 19.1 Å². The number of nitrogens with one attached hydrogen (secondary N) is 1. The maximum absolute atomic E-state index is 12.9. The van der Waals surface area contributed by atoms with Crippen molar-refractivity contribution in [1.82, 2.24) is 0 Å². The average molecular weight is 165 g/mol. The summed E-state index contributed by atoms with van der Waals surface area (Å²) in [5, 5.41) is 2.95. The Labute approximate surface area is 71.9 Å². The van der Waals surface area contributed by atoms with E-state index in [0.717, 1.165) is 0 Å². The van der Waals surface area contributed by atoms with Crippen molar-refractivity contribution < 1.29 is 4.39 Å². The summed E-state index contributed by atoms with van der Waals surface area (Å²) in [6.45, 7) is 2.60. The summed E-state index contributed by atoms with van der Waals surface area (Å²) in [5.41, 5.74) is 0.551. The number of halogens is 1. The van der Waals surface area contributed by atoms with E-state index in [-0.39, 0.29) is 5.82 Å². The van der Waals surface area contributed by atoms with Crippen LogP contribution in [-0.4, -0.2) is 6.54 Å². The van der Waals surface area contributed by atoms with Crippen molar-refractivity contribution in [1.29, 1.82) is 0 Å². The molecule has 0 spiro atoms. The van der Waals surface area contributed by atoms with Crippen molar-refractivity contribution in [2.75, 3.05) is 11.9 Å². The minimum absolute atomic E-state index is 0.206. The quantitative estimate of drug-likeness (QED) is 0.679. The van der Waals surface area contributed by atoms with Gasteiger partial charge >= 0.3 is 0 Å². The van der Waals surface area contributed by atoms with Gasteiger partial charge in [-0.25, -0.2) is 4.39 Å². The van der Waals surface area contributed by atoms with Crippen LogP contribution in [0.25, 0.3) is 0 Å². The number of hydrogen-bond acceptors (Lipinski definition) is 1. The Bertz CT molecular complexity index is 268. The van der Waals surface area contributed by atoms with Crippen LogP contribution < -0.4 is 5.32 Å². The molecule has 12 heavy (non-hydrogen) atoms. The predicted molar refractivity (Wildman–Crippen MR) is 49.7 cm³/mol. The van der Waals surface area contributed by atoms with E-state index in [4.69, 9.17) is 0 Å². The molecule has 0 unspecified atom stereocenters. The summed E-state index contributed by atoms with van der Waals surface area (Å²) in [6, 6.07) is 6.65. The number of benzene rings is 1. The van der Waals surface area contributed by atoms with Crippen LogP contribution in [0.15, 0.2) is 36.4 Å². The van der Waals surface area contributed by atoms with Gasteiger partial charge in [-0.15, -0.1) is 0 Å². The normalized spacial score (nSPS) is 10.5. The van der Waals surface area contributed by atoms with Crippen molar-refractivity contribution in [3.8, 4) is 0 Å². The van der Waals surface area contributed by atoms with Gasteiger partial charge in [0.15, 0.2) is 0 Å². The lowest BCUT2D eigenvalue weighted by atomic mass is 10.3. The number of allylic oxidation sites excluding steroid dienone is 1. The van der Waals surface area contributed by atoms with Crippen molar-refractivity contribution in [2.24, 2.45) is 0 Å². The smallest absolute Gasteiger partial charge is 0.146 e. The largest absolute Gasteiger partial charge is 0.379 e. The Morgan fingerprint density at radius 3 is 2.83 bits per heavy atom. The first-order chi connectivity index (χ1) is 5.84. The highest BCUT2D eigenvalue weighted by Crippen LogP contribution is 2.11. The van der Waals surface area contributed by atoms with Gasteiger partial charge in [0.2, 0.25) is 0 Å². The summed E-state index contributed by atoms with van der Waals surface area (Å²) in [7, 11) is 0. The molecular formula is C10H12FN. The van der Waals surface area contributed by atoms with E-state index >= 15 is 0 Å². The van der Waals surface area contributed by atoms with Gasteiger partial charge in [-0.2, -0.15) is 0 Å². The first-order valence-electron chi connectivity index (χ1n) is 3.94. The fourth-order valence-electron chi connectivity index (χ4n) is 0.891. The average Bonchev–Trinajstić information content (AvgIpc) is 2.09. The van der Waals surface area contributed by atoms with Gasteiger partial charge in [0, 0.05) is 6.54 Å². The SMILES string of the molecule is C/C=C/CNc1ccccc1F. The predicted octanol–water partition coefficient (Wildman–Crippen LogP) is 2.81. The molecule has 0 heterocycles. The van der Waals surface area contributed by atoms with Gasteiger partial charge in [-0.3, -0.25) is 0 Å². The van der Waals surface area contributed by atoms with Crippen LogP contribution in [0.4, 0.5) is 10.1 Å². The molecule has 0 saturated heterocycles. The summed E-state index contributed by atoms with van der Waals surface area (Å²) >= 11 is 0. The molecular weight excluding hydrogens is 153 g/mol. The molecule has 0 atom stereocenters. The Hall–Kier alpha value is -1.31. The molecule has 2 heteroatoms. The van der Waals surface area contributed by atoms with Crippen LogP contribution >= 0.6 is 0 Å². The van der Waals surface area contributed by atoms with E-state index in [0.29, 0.717) is 12.2 Å². The molecule has 0 bridgehead atoms.